The third-order valence-corrected chi connectivity index (χ3v) is 10.7. The van der Waals surface area contributed by atoms with Crippen LogP contribution in [0.4, 0.5) is 26.7 Å². The maximum absolute atomic E-state index is 14.8. The average Bonchev–Trinajstić information content (AvgIpc) is 2.94. The molecule has 0 fully saturated rings. The number of hydrogen-bond acceptors (Lipinski definition) is 6. The van der Waals surface area contributed by atoms with E-state index in [9.17, 15) is 35.2 Å². The van der Waals surface area contributed by atoms with Crippen molar-refractivity contribution in [2.24, 2.45) is 0 Å². The lowest BCUT2D eigenvalue weighted by atomic mass is 10.2. The van der Waals surface area contributed by atoms with Crippen LogP contribution in [0.5, 0.6) is 5.75 Å². The van der Waals surface area contributed by atoms with Crippen LogP contribution in [0.2, 0.25) is 0 Å². The Labute approximate surface area is 240 Å². The van der Waals surface area contributed by atoms with Gasteiger partial charge in [0.2, 0.25) is 5.82 Å². The fraction of sp³-hybridized carbons (Fsp3) is 0.138. The Balaban J connectivity index is 2.00. The Morgan fingerprint density at radius 1 is 0.643 bits per heavy atom. The van der Waals surface area contributed by atoms with Crippen molar-refractivity contribution in [2.75, 3.05) is 0 Å². The fourth-order valence-electron chi connectivity index (χ4n) is 3.81. The summed E-state index contributed by atoms with van der Waals surface area (Å²) < 4.78 is 115. The Hall–Kier alpha value is -3.94. The van der Waals surface area contributed by atoms with Gasteiger partial charge in [-0.15, -0.1) is 0 Å². The lowest BCUT2D eigenvalue weighted by Crippen LogP contribution is -2.26. The second-order valence-corrected chi connectivity index (χ2v) is 14.0. The molecule has 13 heteroatoms. The van der Waals surface area contributed by atoms with Crippen molar-refractivity contribution in [1.29, 1.82) is 0 Å². The molecule has 0 amide bonds. The molecule has 0 aliphatic heterocycles. The maximum atomic E-state index is 14.8. The van der Waals surface area contributed by atoms with Gasteiger partial charge in [0.25, 0.3) is 0 Å². The SMILES string of the molecule is CC(C)(C)OC(=O)Oc1cccc(S(OS(=O)(=O)c2c(F)c(F)c(F)c(F)c2F)(c2ccccc2)c2ccccc2)c1. The van der Waals surface area contributed by atoms with Crippen LogP contribution in [0.3, 0.4) is 0 Å². The highest BCUT2D eigenvalue weighted by Crippen LogP contribution is 2.70. The molecule has 4 rings (SSSR count). The van der Waals surface area contributed by atoms with Crippen molar-refractivity contribution in [3.05, 3.63) is 114 Å². The molecule has 0 spiro atoms. The highest BCUT2D eigenvalue weighted by molar-refractivity contribution is 8.33. The number of rotatable bonds is 7. The van der Waals surface area contributed by atoms with E-state index in [0.717, 1.165) is 0 Å². The zero-order valence-corrected chi connectivity index (χ0v) is 23.9. The van der Waals surface area contributed by atoms with Crippen LogP contribution in [0.15, 0.2) is 105 Å². The van der Waals surface area contributed by atoms with E-state index >= 15 is 0 Å². The summed E-state index contributed by atoms with van der Waals surface area (Å²) in [5.41, 5.74) is -0.900. The summed E-state index contributed by atoms with van der Waals surface area (Å²) in [5.74, 6) is -12.7. The van der Waals surface area contributed by atoms with Crippen LogP contribution < -0.4 is 4.74 Å². The monoisotopic (exact) mass is 626 g/mol. The maximum Gasteiger partial charge on any atom is 0.514 e. The zero-order chi connectivity index (χ0) is 30.9. The lowest BCUT2D eigenvalue weighted by molar-refractivity contribution is 0.0205. The molecule has 42 heavy (non-hydrogen) atoms. The molecule has 0 heterocycles. The standard InChI is InChI=1S/C29H23F5O6S2/c1-29(2,3)39-28(35)38-18-11-10-16-21(17-18)41(19-12-6-4-7-13-19,20-14-8-5-9-15-20)40-42(36,37)27-25(33)23(31)22(30)24(32)26(27)34/h4-17H,1-3H3. The Morgan fingerprint density at radius 2 is 1.10 bits per heavy atom. The normalized spacial score (nSPS) is 12.6. The van der Waals surface area contributed by atoms with Crippen molar-refractivity contribution in [2.45, 2.75) is 46.0 Å². The van der Waals surface area contributed by atoms with Crippen LogP contribution in [0.1, 0.15) is 20.8 Å². The molecule has 0 aliphatic rings. The fourth-order valence-corrected chi connectivity index (χ4v) is 9.16. The second kappa shape index (κ2) is 11.7. The summed E-state index contributed by atoms with van der Waals surface area (Å²) in [6.07, 6.45) is -1.07. The average molecular weight is 627 g/mol. The molecule has 0 aliphatic carbocycles. The van der Waals surface area contributed by atoms with E-state index in [2.05, 4.69) is 0 Å². The largest absolute Gasteiger partial charge is 0.514 e. The van der Waals surface area contributed by atoms with E-state index < -0.39 is 66.2 Å². The first-order valence-electron chi connectivity index (χ1n) is 12.1. The van der Waals surface area contributed by atoms with E-state index in [0.29, 0.717) is 0 Å². The molecular weight excluding hydrogens is 603 g/mol. The van der Waals surface area contributed by atoms with Crippen molar-refractivity contribution >= 4 is 26.6 Å². The van der Waals surface area contributed by atoms with Gasteiger partial charge in [-0.05, 0) is 73.5 Å². The third-order valence-electron chi connectivity index (χ3n) is 5.49. The Morgan fingerprint density at radius 3 is 1.57 bits per heavy atom. The van der Waals surface area contributed by atoms with Gasteiger partial charge in [0.15, 0.2) is 28.2 Å². The van der Waals surface area contributed by atoms with E-state index in [1.54, 1.807) is 32.9 Å². The number of benzene rings is 4. The van der Waals surface area contributed by atoms with Gasteiger partial charge >= 0.3 is 16.3 Å². The first-order valence-corrected chi connectivity index (χ1v) is 15.1. The topological polar surface area (TPSA) is 78.9 Å². The van der Waals surface area contributed by atoms with Gasteiger partial charge in [0.1, 0.15) is 11.4 Å². The number of ether oxygens (including phenoxy) is 2. The summed E-state index contributed by atoms with van der Waals surface area (Å²) in [5, 5.41) is 0. The smallest absolute Gasteiger partial charge is 0.428 e. The summed E-state index contributed by atoms with van der Waals surface area (Å²) in [6, 6.07) is 20.7. The predicted molar refractivity (Wildman–Crippen MR) is 143 cm³/mol. The molecule has 4 aromatic carbocycles. The van der Waals surface area contributed by atoms with Gasteiger partial charge < -0.3 is 9.47 Å². The molecule has 222 valence electrons. The van der Waals surface area contributed by atoms with Gasteiger partial charge in [0.05, 0.1) is 0 Å². The minimum Gasteiger partial charge on any atom is -0.428 e. The van der Waals surface area contributed by atoms with E-state index in [4.69, 9.17) is 13.1 Å². The van der Waals surface area contributed by atoms with Crippen molar-refractivity contribution in [1.82, 2.24) is 0 Å². The molecule has 0 aromatic heterocycles. The summed E-state index contributed by atoms with van der Waals surface area (Å²) in [6.45, 7) is 4.84. The lowest BCUT2D eigenvalue weighted by Gasteiger charge is -2.39. The zero-order valence-electron chi connectivity index (χ0n) is 22.2. The highest BCUT2D eigenvalue weighted by Gasteiger charge is 2.42. The second-order valence-electron chi connectivity index (χ2n) is 9.64. The van der Waals surface area contributed by atoms with Gasteiger partial charge in [0, 0.05) is 14.7 Å². The molecule has 0 atom stereocenters. The number of carbonyl (C=O) groups is 1. The molecular formula is C29H23F5O6S2. The number of halogens is 5. The molecule has 0 radical (unpaired) electrons. The molecule has 0 unspecified atom stereocenters. The summed E-state index contributed by atoms with van der Waals surface area (Å²) in [4.78, 5) is 10.6. The first-order chi connectivity index (χ1) is 19.7. The van der Waals surface area contributed by atoms with Crippen LogP contribution >= 0.6 is 10.3 Å². The molecule has 4 aromatic rings. The number of carbonyl (C=O) groups excluding carboxylic acids is 1. The molecule has 6 nitrogen and oxygen atoms in total. The van der Waals surface area contributed by atoms with E-state index in [1.807, 2.05) is 0 Å². The summed E-state index contributed by atoms with van der Waals surface area (Å²) in [7, 11) is -9.33. The first kappa shape index (κ1) is 31.0. The van der Waals surface area contributed by atoms with Crippen LogP contribution in [0, 0.1) is 29.1 Å². The van der Waals surface area contributed by atoms with Gasteiger partial charge in [-0.25, -0.2) is 30.4 Å². The van der Waals surface area contributed by atoms with Gasteiger partial charge in [-0.1, -0.05) is 42.5 Å². The predicted octanol–water partition coefficient (Wildman–Crippen LogP) is 8.30. The molecule has 0 saturated heterocycles. The molecule has 0 bridgehead atoms. The molecule has 0 N–H and O–H groups in total. The number of hydrogen-bond donors (Lipinski definition) is 0. The van der Waals surface area contributed by atoms with Crippen molar-refractivity contribution in [3.8, 4) is 5.75 Å². The highest BCUT2D eigenvalue weighted by atomic mass is 32.3. The van der Waals surface area contributed by atoms with Gasteiger partial charge in [-0.2, -0.15) is 8.42 Å². The summed E-state index contributed by atoms with van der Waals surface area (Å²) >= 11 is 0. The quantitative estimate of drug-likeness (QED) is 0.0675. The van der Waals surface area contributed by atoms with Gasteiger partial charge in [-0.3, -0.25) is 0 Å². The minimum atomic E-state index is -5.74. The minimum absolute atomic E-state index is 0.0356. The van der Waals surface area contributed by atoms with E-state index in [-0.39, 0.29) is 20.4 Å². The van der Waals surface area contributed by atoms with E-state index in [1.165, 1.54) is 72.8 Å². The Kier molecular flexibility index (Phi) is 8.67. The van der Waals surface area contributed by atoms with Crippen LogP contribution in [-0.4, -0.2) is 20.2 Å². The van der Waals surface area contributed by atoms with Crippen molar-refractivity contribution < 1.29 is 48.3 Å². The third kappa shape index (κ3) is 6.13. The van der Waals surface area contributed by atoms with Crippen molar-refractivity contribution in [3.63, 3.8) is 0 Å². The molecule has 0 saturated carbocycles. The van der Waals surface area contributed by atoms with Crippen LogP contribution in [0.25, 0.3) is 0 Å². The van der Waals surface area contributed by atoms with Crippen LogP contribution in [-0.2, 0) is 18.5 Å². The Bertz CT molecular complexity index is 1660.